The van der Waals surface area contributed by atoms with Gasteiger partial charge in [0.05, 0.1) is 19.4 Å². The fourth-order valence-electron chi connectivity index (χ4n) is 3.16. The third-order valence-corrected chi connectivity index (χ3v) is 6.69. The molecule has 26 heavy (non-hydrogen) atoms. The lowest BCUT2D eigenvalue weighted by Gasteiger charge is -2.16. The number of hydrogen-bond acceptors (Lipinski definition) is 3. The van der Waals surface area contributed by atoms with E-state index in [4.69, 9.17) is 9.05 Å². The normalized spacial score (nSPS) is 11.8. The van der Waals surface area contributed by atoms with Crippen molar-refractivity contribution in [1.82, 2.24) is 0 Å². The summed E-state index contributed by atoms with van der Waals surface area (Å²) in [4.78, 5) is 0. The van der Waals surface area contributed by atoms with Gasteiger partial charge in [0.1, 0.15) is 6.54 Å². The predicted octanol–water partition coefficient (Wildman–Crippen LogP) is 6.14. The van der Waals surface area contributed by atoms with Crippen LogP contribution in [-0.2, 0) is 20.2 Å². The molecule has 5 heteroatoms. The van der Waals surface area contributed by atoms with Gasteiger partial charge in [-0.2, -0.15) is 0 Å². The molecule has 0 spiro atoms. The van der Waals surface area contributed by atoms with Crippen molar-refractivity contribution >= 4 is 7.60 Å². The highest BCUT2D eigenvalue weighted by Gasteiger charge is 2.22. The number of unbranched alkanes of at least 4 members (excludes halogenated alkanes) is 9. The molecule has 0 fully saturated rings. The van der Waals surface area contributed by atoms with Crippen molar-refractivity contribution in [2.75, 3.05) is 19.4 Å². The molecule has 4 nitrogen and oxygen atoms in total. The molecule has 0 saturated carbocycles. The average Bonchev–Trinajstić information content (AvgIpc) is 2.64. The molecule has 1 aromatic rings. The number of rotatable bonds is 17. The van der Waals surface area contributed by atoms with Crippen molar-refractivity contribution in [3.8, 4) is 0 Å². The van der Waals surface area contributed by atoms with Gasteiger partial charge in [-0.15, -0.1) is 0 Å². The maximum absolute atomic E-state index is 12.3. The Bertz CT molecular complexity index is 471. The van der Waals surface area contributed by atoms with Crippen molar-refractivity contribution in [3.63, 3.8) is 0 Å². The quantitative estimate of drug-likeness (QED) is 0.184. The summed E-state index contributed by atoms with van der Waals surface area (Å²) in [5.41, 5.74) is 0. The van der Waals surface area contributed by atoms with Crippen LogP contribution in [0.3, 0.4) is 0 Å². The van der Waals surface area contributed by atoms with Gasteiger partial charge >= 0.3 is 7.60 Å². The summed E-state index contributed by atoms with van der Waals surface area (Å²) in [5, 5.41) is 0. The summed E-state index contributed by atoms with van der Waals surface area (Å²) < 4.78 is 25.2. The lowest BCUT2D eigenvalue weighted by atomic mass is 10.1. The van der Waals surface area contributed by atoms with Crippen LogP contribution in [0.4, 0.5) is 0 Å². The third kappa shape index (κ3) is 11.8. The summed E-state index contributed by atoms with van der Waals surface area (Å²) in [6, 6.07) is 6.24. The van der Waals surface area contributed by atoms with E-state index in [0.29, 0.717) is 19.4 Å². The maximum atomic E-state index is 12.3. The molecule has 0 saturated heterocycles. The van der Waals surface area contributed by atoms with Gasteiger partial charge in [0.2, 0.25) is 0 Å². The first kappa shape index (κ1) is 23.3. The van der Waals surface area contributed by atoms with E-state index in [2.05, 4.69) is 35.2 Å². The van der Waals surface area contributed by atoms with Gasteiger partial charge in [-0.3, -0.25) is 4.57 Å². The zero-order valence-corrected chi connectivity index (χ0v) is 17.8. The van der Waals surface area contributed by atoms with Gasteiger partial charge in [0.15, 0.2) is 12.4 Å². The highest BCUT2D eigenvalue weighted by atomic mass is 31.2. The van der Waals surface area contributed by atoms with Crippen LogP contribution in [-0.4, -0.2) is 19.4 Å². The number of aromatic nitrogens is 1. The SMILES string of the molecule is CCOP(=O)(CCCCCCCCCCCC[n+]1ccccc1)OCC. The summed E-state index contributed by atoms with van der Waals surface area (Å²) in [6.07, 6.45) is 17.4. The van der Waals surface area contributed by atoms with E-state index in [1.54, 1.807) is 0 Å². The second-order valence-corrected chi connectivity index (χ2v) is 9.00. The number of nitrogens with zero attached hydrogens (tertiary/aromatic N) is 1. The molecular formula is C21H39NO3P+. The van der Waals surface area contributed by atoms with Gasteiger partial charge in [-0.1, -0.05) is 51.0 Å². The summed E-state index contributed by atoms with van der Waals surface area (Å²) in [7, 11) is -2.82. The molecule has 0 aromatic carbocycles. The van der Waals surface area contributed by atoms with E-state index in [-0.39, 0.29) is 0 Å². The standard InChI is InChI=1S/C21H39NO3P/c1-3-24-26(23,25-4-2)21-17-12-10-8-6-5-7-9-11-14-18-22-19-15-13-16-20-22/h13,15-16,19-20H,3-12,14,17-18,21H2,1-2H3/q+1. The molecule has 0 aliphatic heterocycles. The first-order valence-corrected chi connectivity index (χ1v) is 12.2. The fraction of sp³-hybridized carbons (Fsp3) is 0.762. The van der Waals surface area contributed by atoms with Gasteiger partial charge in [0.25, 0.3) is 0 Å². The number of pyridine rings is 1. The van der Waals surface area contributed by atoms with E-state index >= 15 is 0 Å². The van der Waals surface area contributed by atoms with Gasteiger partial charge in [-0.25, -0.2) is 4.57 Å². The smallest absolute Gasteiger partial charge is 0.309 e. The zero-order chi connectivity index (χ0) is 18.9. The Morgan fingerprint density at radius 1 is 0.692 bits per heavy atom. The topological polar surface area (TPSA) is 39.4 Å². The Balaban J connectivity index is 1.88. The summed E-state index contributed by atoms with van der Waals surface area (Å²) in [5.74, 6) is 0. The minimum absolute atomic E-state index is 0.460. The molecule has 0 aliphatic carbocycles. The fourth-order valence-corrected chi connectivity index (χ4v) is 4.89. The third-order valence-electron chi connectivity index (χ3n) is 4.53. The van der Waals surface area contributed by atoms with E-state index in [1.807, 2.05) is 13.8 Å². The highest BCUT2D eigenvalue weighted by Crippen LogP contribution is 2.48. The average molecular weight is 385 g/mol. The van der Waals surface area contributed by atoms with Crippen molar-refractivity contribution in [3.05, 3.63) is 30.6 Å². The minimum Gasteiger partial charge on any atom is -0.309 e. The molecule has 0 radical (unpaired) electrons. The van der Waals surface area contributed by atoms with E-state index < -0.39 is 7.60 Å². The molecule has 0 atom stereocenters. The lowest BCUT2D eigenvalue weighted by Crippen LogP contribution is -2.32. The molecular weight excluding hydrogens is 345 g/mol. The van der Waals surface area contributed by atoms with Crippen LogP contribution in [0.5, 0.6) is 0 Å². The number of aryl methyl sites for hydroxylation is 1. The van der Waals surface area contributed by atoms with Crippen molar-refractivity contribution in [2.24, 2.45) is 0 Å². The molecule has 0 N–H and O–H groups in total. The van der Waals surface area contributed by atoms with E-state index in [9.17, 15) is 4.57 Å². The Morgan fingerprint density at radius 3 is 1.65 bits per heavy atom. The van der Waals surface area contributed by atoms with Crippen LogP contribution < -0.4 is 4.57 Å². The zero-order valence-electron chi connectivity index (χ0n) is 16.9. The lowest BCUT2D eigenvalue weighted by molar-refractivity contribution is -0.697. The van der Waals surface area contributed by atoms with E-state index in [0.717, 1.165) is 19.4 Å². The van der Waals surface area contributed by atoms with Crippen molar-refractivity contribution in [2.45, 2.75) is 84.6 Å². The van der Waals surface area contributed by atoms with Crippen LogP contribution in [0, 0.1) is 0 Å². The monoisotopic (exact) mass is 384 g/mol. The van der Waals surface area contributed by atoms with E-state index in [1.165, 1.54) is 51.4 Å². The second-order valence-electron chi connectivity index (χ2n) is 6.82. The first-order valence-electron chi connectivity index (χ1n) is 10.5. The van der Waals surface area contributed by atoms with Gasteiger partial charge in [0, 0.05) is 18.6 Å². The molecule has 0 bridgehead atoms. The molecule has 1 rings (SSSR count). The highest BCUT2D eigenvalue weighted by molar-refractivity contribution is 7.53. The van der Waals surface area contributed by atoms with Crippen LogP contribution in [0.2, 0.25) is 0 Å². The molecule has 0 unspecified atom stereocenters. The Labute approximate surface area is 160 Å². The first-order chi connectivity index (χ1) is 12.7. The Kier molecular flexibility index (Phi) is 13.8. The van der Waals surface area contributed by atoms with Crippen LogP contribution in [0.1, 0.15) is 78.1 Å². The van der Waals surface area contributed by atoms with Crippen molar-refractivity contribution in [1.29, 1.82) is 0 Å². The predicted molar refractivity (Wildman–Crippen MR) is 109 cm³/mol. The largest absolute Gasteiger partial charge is 0.330 e. The molecule has 150 valence electrons. The molecule has 0 amide bonds. The maximum Gasteiger partial charge on any atom is 0.330 e. The van der Waals surface area contributed by atoms with Crippen LogP contribution in [0.25, 0.3) is 0 Å². The molecule has 0 aliphatic rings. The number of hydrogen-bond donors (Lipinski definition) is 0. The van der Waals surface area contributed by atoms with Crippen molar-refractivity contribution < 1.29 is 18.2 Å². The van der Waals surface area contributed by atoms with Gasteiger partial charge in [-0.05, 0) is 26.7 Å². The summed E-state index contributed by atoms with van der Waals surface area (Å²) in [6.45, 7) is 5.79. The second kappa shape index (κ2) is 15.4. The summed E-state index contributed by atoms with van der Waals surface area (Å²) >= 11 is 0. The molecule has 1 heterocycles. The Morgan fingerprint density at radius 2 is 1.15 bits per heavy atom. The minimum atomic E-state index is -2.82. The van der Waals surface area contributed by atoms with Gasteiger partial charge < -0.3 is 9.05 Å². The van der Waals surface area contributed by atoms with Crippen LogP contribution >= 0.6 is 7.60 Å². The van der Waals surface area contributed by atoms with Crippen LogP contribution in [0.15, 0.2) is 30.6 Å². The molecule has 1 aromatic heterocycles. The Hall–Kier alpha value is -0.700.